The van der Waals surface area contributed by atoms with Crippen molar-refractivity contribution in [2.75, 3.05) is 63.8 Å². The van der Waals surface area contributed by atoms with Gasteiger partial charge in [0.25, 0.3) is 16.0 Å². The Morgan fingerprint density at radius 2 is 1.57 bits per heavy atom. The first kappa shape index (κ1) is 51.9. The molecule has 0 saturated carbocycles. The Labute approximate surface area is 400 Å². The molecule has 0 radical (unpaired) electrons. The number of anilines is 2. The summed E-state index contributed by atoms with van der Waals surface area (Å²) < 4.78 is 56.5. The molecule has 4 aromatic carbocycles. The fourth-order valence-corrected chi connectivity index (χ4v) is 7.91. The van der Waals surface area contributed by atoms with Crippen LogP contribution in [-0.4, -0.2) is 155 Å². The molecule has 5 aromatic rings. The minimum Gasteiger partial charge on any atom is -0.394 e. The maximum Gasteiger partial charge on any atom is 0.295 e. The topological polar surface area (TPSA) is 301 Å². The van der Waals surface area contributed by atoms with Gasteiger partial charge in [0.1, 0.15) is 35.0 Å². The van der Waals surface area contributed by atoms with Gasteiger partial charge in [-0.15, -0.1) is 5.10 Å². The van der Waals surface area contributed by atoms with E-state index in [9.17, 15) is 43.0 Å². The molecule has 1 aliphatic heterocycles. The molecular formula is C44H54BrN9O13S. The van der Waals surface area contributed by atoms with Crippen molar-refractivity contribution in [1.29, 1.82) is 0 Å². The molecule has 22 nitrogen and oxygen atoms in total. The molecule has 366 valence electrons. The van der Waals surface area contributed by atoms with Crippen LogP contribution < -0.4 is 20.9 Å². The van der Waals surface area contributed by atoms with Gasteiger partial charge in [-0.3, -0.25) is 14.1 Å². The van der Waals surface area contributed by atoms with Crippen molar-refractivity contribution in [3.63, 3.8) is 0 Å². The van der Waals surface area contributed by atoms with Gasteiger partial charge in [0.05, 0.1) is 57.1 Å². The molecular weight excluding hydrogens is 975 g/mol. The zero-order chi connectivity index (χ0) is 49.0. The summed E-state index contributed by atoms with van der Waals surface area (Å²) in [6, 6.07) is 23.7. The predicted molar refractivity (Wildman–Crippen MR) is 251 cm³/mol. The number of hydrogen-bond acceptors (Lipinski definition) is 18. The number of alkyl halides is 1. The van der Waals surface area contributed by atoms with Crippen LogP contribution in [0.4, 0.5) is 22.7 Å². The number of aliphatic hydroxyl groups is 4. The van der Waals surface area contributed by atoms with E-state index in [0.29, 0.717) is 39.1 Å². The van der Waals surface area contributed by atoms with E-state index in [1.807, 2.05) is 43.3 Å². The van der Waals surface area contributed by atoms with Gasteiger partial charge in [0.2, 0.25) is 5.91 Å². The van der Waals surface area contributed by atoms with E-state index in [0.717, 1.165) is 5.69 Å². The van der Waals surface area contributed by atoms with Crippen LogP contribution in [0.5, 0.6) is 0 Å². The molecule has 1 aliphatic rings. The Hall–Kier alpha value is -5.51. The van der Waals surface area contributed by atoms with E-state index < -0.39 is 64.0 Å². The number of carbonyl (C=O) groups is 2. The third kappa shape index (κ3) is 13.6. The van der Waals surface area contributed by atoms with Crippen molar-refractivity contribution in [1.82, 2.24) is 25.6 Å². The maximum atomic E-state index is 13.6. The summed E-state index contributed by atoms with van der Waals surface area (Å²) in [5, 5.41) is 67.3. The summed E-state index contributed by atoms with van der Waals surface area (Å²) in [5.41, 5.74) is 3.82. The van der Waals surface area contributed by atoms with E-state index in [1.165, 1.54) is 23.7 Å². The predicted octanol–water partition coefficient (Wildman–Crippen LogP) is 2.65. The van der Waals surface area contributed by atoms with Crippen molar-refractivity contribution in [2.45, 2.75) is 66.2 Å². The first-order chi connectivity index (χ1) is 32.5. The zero-order valence-electron chi connectivity index (χ0n) is 37.3. The van der Waals surface area contributed by atoms with Crippen LogP contribution in [0, 0.1) is 0 Å². The van der Waals surface area contributed by atoms with Gasteiger partial charge >= 0.3 is 0 Å². The molecule has 2 heterocycles. The zero-order valence-corrected chi connectivity index (χ0v) is 39.7. The molecule has 68 heavy (non-hydrogen) atoms. The number of aromatic nitrogens is 3. The van der Waals surface area contributed by atoms with E-state index in [4.69, 9.17) is 18.9 Å². The summed E-state index contributed by atoms with van der Waals surface area (Å²) in [4.78, 5) is 28.2. The summed E-state index contributed by atoms with van der Waals surface area (Å²) in [6.45, 7) is 1.37. The number of amides is 2. The summed E-state index contributed by atoms with van der Waals surface area (Å²) in [5.74, 6) is -0.940. The van der Waals surface area contributed by atoms with Crippen molar-refractivity contribution >= 4 is 71.4 Å². The molecule has 1 aromatic heterocycles. The van der Waals surface area contributed by atoms with Crippen molar-refractivity contribution < 1.29 is 61.9 Å². The number of halogens is 1. The van der Waals surface area contributed by atoms with E-state index in [1.54, 1.807) is 54.7 Å². The van der Waals surface area contributed by atoms with E-state index >= 15 is 0 Å². The van der Waals surface area contributed by atoms with Crippen LogP contribution >= 0.6 is 15.9 Å². The number of fused-ring (bicyclic) bond motifs is 1. The highest BCUT2D eigenvalue weighted by Gasteiger charge is 2.49. The smallest absolute Gasteiger partial charge is 0.295 e. The molecule has 0 bridgehead atoms. The van der Waals surface area contributed by atoms with Crippen LogP contribution in [0.1, 0.15) is 23.0 Å². The molecule has 0 aliphatic carbocycles. The van der Waals surface area contributed by atoms with Crippen molar-refractivity contribution in [3.8, 4) is 0 Å². The van der Waals surface area contributed by atoms with Crippen LogP contribution in [0.25, 0.3) is 10.8 Å². The highest BCUT2D eigenvalue weighted by molar-refractivity contribution is 9.10. The second-order valence-electron chi connectivity index (χ2n) is 15.9. The standard InChI is InChI=1S/C44H54BrN9O13S/c1-44(45,42(60)47-19-18-46-34-8-4-7-33-32(34)6-5-9-36(33)68(61,62)63)43(67-41-39(58)38(57)37(56)35(26-55)66-41)65-23-22-64-21-20-54-25-30(51-52-54)24-48-40(59)27-10-12-28(13-11-27)49-50-29-14-16-31(17-15-29)53(2)3/h4-17,25,35,37-39,41,43,46,55-58H,18-24,26H2,1-3H3,(H,47,60)(H,48,59)(H,61,62,63)/t35-,37+,38+,39-,41+,43-,44+/m1/s1. The molecule has 8 N–H and O–H groups in total. The van der Waals surface area contributed by atoms with Gasteiger partial charge in [-0.2, -0.15) is 18.6 Å². The lowest BCUT2D eigenvalue weighted by Crippen LogP contribution is -2.61. The monoisotopic (exact) mass is 1030 g/mol. The van der Waals surface area contributed by atoms with Gasteiger partial charge in [-0.25, -0.2) is 4.68 Å². The van der Waals surface area contributed by atoms with Gasteiger partial charge in [-0.1, -0.05) is 45.4 Å². The average molecular weight is 1030 g/mol. The average Bonchev–Trinajstić information content (AvgIpc) is 3.79. The number of hydrogen-bond donors (Lipinski definition) is 8. The van der Waals surface area contributed by atoms with Crippen molar-refractivity contribution in [3.05, 3.63) is 102 Å². The van der Waals surface area contributed by atoms with Crippen LogP contribution in [0.2, 0.25) is 0 Å². The highest BCUT2D eigenvalue weighted by atomic mass is 79.9. The highest BCUT2D eigenvalue weighted by Crippen LogP contribution is 2.32. The summed E-state index contributed by atoms with van der Waals surface area (Å²) in [6.07, 6.45) is -7.99. The quantitative estimate of drug-likeness (QED) is 0.0153. The van der Waals surface area contributed by atoms with Gasteiger partial charge in [0.15, 0.2) is 16.9 Å². The fourth-order valence-electron chi connectivity index (χ4n) is 6.83. The first-order valence-corrected chi connectivity index (χ1v) is 23.5. The lowest BCUT2D eigenvalue weighted by Gasteiger charge is -2.42. The molecule has 1 saturated heterocycles. The second-order valence-corrected chi connectivity index (χ2v) is 18.9. The Morgan fingerprint density at radius 3 is 2.25 bits per heavy atom. The molecule has 0 unspecified atom stereocenters. The number of carbonyl (C=O) groups excluding carboxylic acids is 2. The summed E-state index contributed by atoms with van der Waals surface area (Å²) >= 11 is 3.39. The van der Waals surface area contributed by atoms with Gasteiger partial charge in [-0.05, 0) is 67.6 Å². The summed E-state index contributed by atoms with van der Waals surface area (Å²) in [7, 11) is -0.567. The number of benzene rings is 4. The van der Waals surface area contributed by atoms with E-state index in [-0.39, 0.29) is 56.8 Å². The first-order valence-electron chi connectivity index (χ1n) is 21.3. The molecule has 1 fully saturated rings. The lowest BCUT2D eigenvalue weighted by molar-refractivity contribution is -0.339. The van der Waals surface area contributed by atoms with Crippen molar-refractivity contribution in [2.24, 2.45) is 10.2 Å². The Bertz CT molecular complexity index is 2600. The number of nitrogens with one attached hydrogen (secondary N) is 3. The van der Waals surface area contributed by atoms with Gasteiger partial charge < -0.3 is 60.2 Å². The maximum absolute atomic E-state index is 13.6. The lowest BCUT2D eigenvalue weighted by atomic mass is 9.99. The number of nitrogens with zero attached hydrogens (tertiary/aromatic N) is 6. The Morgan fingerprint density at radius 1 is 0.897 bits per heavy atom. The third-order valence-electron chi connectivity index (χ3n) is 10.6. The number of ether oxygens (including phenoxy) is 4. The molecule has 24 heteroatoms. The second kappa shape index (κ2) is 23.7. The Kier molecular flexibility index (Phi) is 18.1. The minimum absolute atomic E-state index is 0.00483. The Balaban J connectivity index is 0.968. The molecule has 7 atom stereocenters. The molecule has 6 rings (SSSR count). The SMILES string of the molecule is CN(C)c1ccc(N=Nc2ccc(C(=O)NCc3cn(CCOCCO[C@H](O[C@@H]4O[C@H](CO)[C@H](O)[C@H](O)[C@H]4O)[C@@](C)(Br)C(=O)NCCNc4cccc5c(S(=O)(=O)O)cccc45)nn3)cc2)cc1. The van der Waals surface area contributed by atoms with Gasteiger partial charge in [0, 0.05) is 54.9 Å². The largest absolute Gasteiger partial charge is 0.394 e. The normalized spacial score (nSPS) is 19.9. The number of azo groups is 1. The molecule has 2 amide bonds. The van der Waals surface area contributed by atoms with Crippen LogP contribution in [-0.2, 0) is 46.9 Å². The van der Waals surface area contributed by atoms with Crippen LogP contribution in [0.15, 0.2) is 106 Å². The van der Waals surface area contributed by atoms with Crippen LogP contribution in [0.3, 0.4) is 0 Å². The fraction of sp³-hybridized carbons (Fsp3) is 0.409. The number of aliphatic hydroxyl groups excluding tert-OH is 4. The minimum atomic E-state index is -4.48. The van der Waals surface area contributed by atoms with E-state index in [2.05, 4.69) is 52.4 Å². The third-order valence-corrected chi connectivity index (χ3v) is 12.3. The molecule has 0 spiro atoms. The number of rotatable bonds is 23.